The van der Waals surface area contributed by atoms with Gasteiger partial charge in [-0.25, -0.2) is 0 Å². The molecule has 0 saturated carbocycles. The lowest BCUT2D eigenvalue weighted by Gasteiger charge is -2.30. The van der Waals surface area contributed by atoms with Crippen molar-refractivity contribution in [2.75, 3.05) is 51.3 Å². The van der Waals surface area contributed by atoms with Crippen LogP contribution >= 0.6 is 0 Å². The molecule has 136 valence electrons. The number of nitrogens with one attached hydrogen (secondary N) is 1. The fourth-order valence-corrected chi connectivity index (χ4v) is 3.25. The molecule has 2 saturated heterocycles. The zero-order valence-electron chi connectivity index (χ0n) is 14.9. The van der Waals surface area contributed by atoms with E-state index in [0.29, 0.717) is 31.2 Å². The Labute approximate surface area is 149 Å². The smallest absolute Gasteiger partial charge is 0.253 e. The summed E-state index contributed by atoms with van der Waals surface area (Å²) in [7, 11) is 0. The predicted octanol–water partition coefficient (Wildman–Crippen LogP) is 1.83. The number of morpholine rings is 1. The van der Waals surface area contributed by atoms with Crippen molar-refractivity contribution < 1.29 is 14.3 Å². The van der Waals surface area contributed by atoms with Gasteiger partial charge in [-0.3, -0.25) is 14.5 Å². The molecular formula is C19H27N3O3. The van der Waals surface area contributed by atoms with Gasteiger partial charge in [-0.2, -0.15) is 0 Å². The van der Waals surface area contributed by atoms with E-state index in [2.05, 4.69) is 17.1 Å². The van der Waals surface area contributed by atoms with Crippen LogP contribution in [0.3, 0.4) is 0 Å². The molecular weight excluding hydrogens is 318 g/mol. The van der Waals surface area contributed by atoms with Crippen molar-refractivity contribution in [2.24, 2.45) is 5.92 Å². The molecule has 0 bridgehead atoms. The number of piperidine rings is 1. The maximum Gasteiger partial charge on any atom is 0.253 e. The number of benzene rings is 1. The van der Waals surface area contributed by atoms with E-state index in [-0.39, 0.29) is 11.8 Å². The average Bonchev–Trinajstić information content (AvgIpc) is 2.63. The number of anilines is 1. The van der Waals surface area contributed by atoms with E-state index in [1.54, 1.807) is 24.3 Å². The second-order valence-electron chi connectivity index (χ2n) is 6.99. The number of ether oxygens (including phenoxy) is 1. The topological polar surface area (TPSA) is 61.9 Å². The van der Waals surface area contributed by atoms with Crippen LogP contribution in [0.2, 0.25) is 0 Å². The van der Waals surface area contributed by atoms with Crippen molar-refractivity contribution in [1.82, 2.24) is 9.80 Å². The molecule has 2 fully saturated rings. The first kappa shape index (κ1) is 17.9. The second-order valence-corrected chi connectivity index (χ2v) is 6.99. The van der Waals surface area contributed by atoms with E-state index < -0.39 is 0 Å². The van der Waals surface area contributed by atoms with Crippen molar-refractivity contribution in [3.63, 3.8) is 0 Å². The highest BCUT2D eigenvalue weighted by Crippen LogP contribution is 2.19. The zero-order chi connectivity index (χ0) is 17.6. The fraction of sp³-hybridized carbons (Fsp3) is 0.579. The van der Waals surface area contributed by atoms with Crippen molar-refractivity contribution in [2.45, 2.75) is 19.8 Å². The van der Waals surface area contributed by atoms with E-state index in [4.69, 9.17) is 4.74 Å². The number of carbonyl (C=O) groups is 2. The number of carbonyl (C=O) groups excluding carboxylic acids is 2. The summed E-state index contributed by atoms with van der Waals surface area (Å²) in [6.07, 6.45) is 2.14. The molecule has 0 unspecified atom stereocenters. The largest absolute Gasteiger partial charge is 0.379 e. The quantitative estimate of drug-likeness (QED) is 0.904. The minimum atomic E-state index is -0.0361. The van der Waals surface area contributed by atoms with E-state index in [0.717, 1.165) is 44.7 Å². The Kier molecular flexibility index (Phi) is 6.04. The number of nitrogens with zero attached hydrogens (tertiary/aromatic N) is 2. The first-order chi connectivity index (χ1) is 12.1. The van der Waals surface area contributed by atoms with Gasteiger partial charge in [0.2, 0.25) is 5.91 Å². The third kappa shape index (κ3) is 5.03. The first-order valence-electron chi connectivity index (χ1n) is 9.11. The average molecular weight is 345 g/mol. The first-order valence-corrected chi connectivity index (χ1v) is 9.11. The molecule has 0 radical (unpaired) electrons. The van der Waals surface area contributed by atoms with E-state index in [1.807, 2.05) is 4.90 Å². The van der Waals surface area contributed by atoms with Crippen LogP contribution in [0.4, 0.5) is 5.69 Å². The lowest BCUT2D eigenvalue weighted by atomic mass is 9.98. The molecule has 1 N–H and O–H groups in total. The third-order valence-electron chi connectivity index (χ3n) is 4.96. The summed E-state index contributed by atoms with van der Waals surface area (Å²) in [5, 5.41) is 2.89. The van der Waals surface area contributed by atoms with Crippen LogP contribution in [-0.2, 0) is 9.53 Å². The summed E-state index contributed by atoms with van der Waals surface area (Å²) < 4.78 is 5.28. The van der Waals surface area contributed by atoms with Crippen LogP contribution < -0.4 is 5.32 Å². The molecule has 1 aromatic carbocycles. The normalized spacial score (nSPS) is 19.6. The van der Waals surface area contributed by atoms with Crippen LogP contribution in [0.25, 0.3) is 0 Å². The maximum absolute atomic E-state index is 12.5. The Morgan fingerprint density at radius 3 is 2.36 bits per heavy atom. The number of rotatable bonds is 4. The van der Waals surface area contributed by atoms with Gasteiger partial charge in [0.05, 0.1) is 19.8 Å². The van der Waals surface area contributed by atoms with E-state index in [9.17, 15) is 9.59 Å². The maximum atomic E-state index is 12.5. The number of amides is 2. The van der Waals surface area contributed by atoms with Crippen LogP contribution in [0.5, 0.6) is 0 Å². The molecule has 2 amide bonds. The molecule has 2 heterocycles. The van der Waals surface area contributed by atoms with Gasteiger partial charge < -0.3 is 15.0 Å². The van der Waals surface area contributed by atoms with E-state index >= 15 is 0 Å². The molecule has 3 rings (SSSR count). The van der Waals surface area contributed by atoms with Crippen molar-refractivity contribution in [1.29, 1.82) is 0 Å². The summed E-state index contributed by atoms with van der Waals surface area (Å²) in [6.45, 7) is 7.20. The number of hydrogen-bond acceptors (Lipinski definition) is 4. The zero-order valence-corrected chi connectivity index (χ0v) is 14.9. The highest BCUT2D eigenvalue weighted by atomic mass is 16.5. The summed E-state index contributed by atoms with van der Waals surface area (Å²) in [5.74, 6) is 0.747. The van der Waals surface area contributed by atoms with E-state index in [1.165, 1.54) is 0 Å². The van der Waals surface area contributed by atoms with Gasteiger partial charge in [0.25, 0.3) is 5.91 Å². The molecule has 0 aliphatic carbocycles. The van der Waals surface area contributed by atoms with Gasteiger partial charge in [0, 0.05) is 37.4 Å². The van der Waals surface area contributed by atoms with Gasteiger partial charge in [0.15, 0.2) is 0 Å². The Morgan fingerprint density at radius 1 is 1.08 bits per heavy atom. The molecule has 0 spiro atoms. The minimum absolute atomic E-state index is 0.0361. The third-order valence-corrected chi connectivity index (χ3v) is 4.96. The minimum Gasteiger partial charge on any atom is -0.379 e. The van der Waals surface area contributed by atoms with Gasteiger partial charge in [-0.1, -0.05) is 6.92 Å². The Bertz CT molecular complexity index is 588. The lowest BCUT2D eigenvalue weighted by molar-refractivity contribution is -0.118. The van der Waals surface area contributed by atoms with Crippen LogP contribution in [-0.4, -0.2) is 67.6 Å². The lowest BCUT2D eigenvalue weighted by Crippen LogP contribution is -2.41. The molecule has 6 nitrogen and oxygen atoms in total. The van der Waals surface area contributed by atoms with Crippen LogP contribution in [0, 0.1) is 5.92 Å². The van der Waals surface area contributed by atoms with Crippen molar-refractivity contribution >= 4 is 17.5 Å². The number of likely N-dealkylation sites (tertiary alicyclic amines) is 1. The fourth-order valence-electron chi connectivity index (χ4n) is 3.25. The van der Waals surface area contributed by atoms with Gasteiger partial charge in [-0.05, 0) is 43.0 Å². The SMILES string of the molecule is CC1CCN(C(=O)c2ccc(NC(=O)CN3CCOCC3)cc2)CC1. The Morgan fingerprint density at radius 2 is 1.72 bits per heavy atom. The van der Waals surface area contributed by atoms with Gasteiger partial charge >= 0.3 is 0 Å². The Hall–Kier alpha value is -1.92. The summed E-state index contributed by atoms with van der Waals surface area (Å²) in [4.78, 5) is 28.6. The van der Waals surface area contributed by atoms with Crippen LogP contribution in [0.15, 0.2) is 24.3 Å². The second kappa shape index (κ2) is 8.45. The monoisotopic (exact) mass is 345 g/mol. The highest BCUT2D eigenvalue weighted by Gasteiger charge is 2.21. The molecule has 2 aliphatic heterocycles. The molecule has 1 aromatic rings. The number of hydrogen-bond donors (Lipinski definition) is 1. The molecule has 2 aliphatic rings. The Balaban J connectivity index is 1.51. The van der Waals surface area contributed by atoms with Crippen LogP contribution in [0.1, 0.15) is 30.1 Å². The summed E-state index contributed by atoms with van der Waals surface area (Å²) in [5.41, 5.74) is 1.41. The van der Waals surface area contributed by atoms with Crippen molar-refractivity contribution in [3.05, 3.63) is 29.8 Å². The summed E-state index contributed by atoms with van der Waals surface area (Å²) >= 11 is 0. The molecule has 0 atom stereocenters. The molecule has 6 heteroatoms. The highest BCUT2D eigenvalue weighted by molar-refractivity contribution is 5.96. The van der Waals surface area contributed by atoms with Gasteiger partial charge in [0.1, 0.15) is 0 Å². The predicted molar refractivity (Wildman–Crippen MR) is 96.6 cm³/mol. The molecule has 0 aromatic heterocycles. The molecule has 25 heavy (non-hydrogen) atoms. The standard InChI is InChI=1S/C19H27N3O3/c1-15-6-8-22(9-7-15)19(24)16-2-4-17(5-3-16)20-18(23)14-21-10-12-25-13-11-21/h2-5,15H,6-14H2,1H3,(H,20,23). The van der Waals surface area contributed by atoms with Gasteiger partial charge in [-0.15, -0.1) is 0 Å². The van der Waals surface area contributed by atoms with Crippen molar-refractivity contribution in [3.8, 4) is 0 Å². The summed E-state index contributed by atoms with van der Waals surface area (Å²) in [6, 6.07) is 7.20.